The first kappa shape index (κ1) is 19.6. The second kappa shape index (κ2) is 7.98. The van der Waals surface area contributed by atoms with Gasteiger partial charge in [0.25, 0.3) is 11.1 Å². The minimum absolute atomic E-state index is 0.116. The Kier molecular flexibility index (Phi) is 5.40. The molecule has 0 atom stereocenters. The van der Waals surface area contributed by atoms with E-state index >= 15 is 0 Å². The Morgan fingerprint density at radius 1 is 1.14 bits per heavy atom. The van der Waals surface area contributed by atoms with Crippen LogP contribution in [0.25, 0.3) is 6.08 Å². The van der Waals surface area contributed by atoms with Crippen LogP contribution in [-0.2, 0) is 9.59 Å². The molecule has 1 N–H and O–H groups in total. The first-order valence-corrected chi connectivity index (χ1v) is 9.88. The van der Waals surface area contributed by atoms with Crippen molar-refractivity contribution in [3.05, 3.63) is 56.9 Å². The van der Waals surface area contributed by atoms with Crippen molar-refractivity contribution in [3.8, 4) is 11.5 Å². The van der Waals surface area contributed by atoms with Gasteiger partial charge in [-0.05, 0) is 42.1 Å². The van der Waals surface area contributed by atoms with Crippen molar-refractivity contribution in [2.75, 3.05) is 18.7 Å². The van der Waals surface area contributed by atoms with Crippen LogP contribution in [0.4, 0.5) is 10.5 Å². The number of nitrogens with zero attached hydrogens (tertiary/aromatic N) is 1. The maximum Gasteiger partial charge on any atom is 0.294 e. The minimum atomic E-state index is -0.586. The van der Waals surface area contributed by atoms with E-state index in [1.54, 1.807) is 36.4 Å². The van der Waals surface area contributed by atoms with Gasteiger partial charge in [0, 0.05) is 27.4 Å². The molecular weight excluding hydrogens is 439 g/mol. The average molecular weight is 451 g/mol. The molecule has 2 heterocycles. The number of imide groups is 1. The summed E-state index contributed by atoms with van der Waals surface area (Å²) >= 11 is 12.9. The zero-order chi connectivity index (χ0) is 20.5. The van der Waals surface area contributed by atoms with Crippen molar-refractivity contribution in [1.29, 1.82) is 0 Å². The van der Waals surface area contributed by atoms with Crippen LogP contribution in [0.5, 0.6) is 11.5 Å². The topological polar surface area (TPSA) is 84.9 Å². The molecule has 0 spiro atoms. The Hall–Kier alpha value is -2.68. The van der Waals surface area contributed by atoms with Crippen LogP contribution in [0, 0.1) is 0 Å². The van der Waals surface area contributed by atoms with Gasteiger partial charge < -0.3 is 14.8 Å². The van der Waals surface area contributed by atoms with Crippen LogP contribution >= 0.6 is 35.0 Å². The summed E-state index contributed by atoms with van der Waals surface area (Å²) in [7, 11) is 0. The number of anilines is 1. The number of ether oxygens (including phenoxy) is 2. The third kappa shape index (κ3) is 4.05. The van der Waals surface area contributed by atoms with Gasteiger partial charge in [0.15, 0.2) is 11.5 Å². The van der Waals surface area contributed by atoms with Gasteiger partial charge in [0.05, 0.1) is 4.91 Å². The molecule has 4 rings (SSSR count). The molecule has 2 aromatic rings. The molecule has 10 heteroatoms. The molecule has 7 nitrogen and oxygen atoms in total. The van der Waals surface area contributed by atoms with E-state index in [1.807, 2.05) is 0 Å². The van der Waals surface area contributed by atoms with Crippen LogP contribution in [-0.4, -0.2) is 35.3 Å². The Morgan fingerprint density at radius 3 is 2.62 bits per heavy atom. The van der Waals surface area contributed by atoms with Crippen LogP contribution in [0.3, 0.4) is 0 Å². The lowest BCUT2D eigenvalue weighted by atomic mass is 10.2. The molecule has 0 radical (unpaired) electrons. The smallest absolute Gasteiger partial charge is 0.294 e. The molecule has 1 saturated heterocycles. The summed E-state index contributed by atoms with van der Waals surface area (Å²) in [5.74, 6) is -0.0224. The van der Waals surface area contributed by atoms with Gasteiger partial charge in [-0.15, -0.1) is 0 Å². The number of amides is 3. The number of halogens is 2. The molecule has 3 amide bonds. The number of carbonyl (C=O) groups excluding carboxylic acids is 3. The van der Waals surface area contributed by atoms with Crippen molar-refractivity contribution in [3.63, 3.8) is 0 Å². The lowest BCUT2D eigenvalue weighted by Gasteiger charge is -2.12. The van der Waals surface area contributed by atoms with Gasteiger partial charge in [-0.1, -0.05) is 29.3 Å². The largest absolute Gasteiger partial charge is 0.454 e. The average Bonchev–Trinajstić information content (AvgIpc) is 3.24. The highest BCUT2D eigenvalue weighted by Crippen LogP contribution is 2.36. The van der Waals surface area contributed by atoms with E-state index in [2.05, 4.69) is 5.32 Å². The molecule has 29 heavy (non-hydrogen) atoms. The van der Waals surface area contributed by atoms with Gasteiger partial charge in [-0.2, -0.15) is 0 Å². The standard InChI is InChI=1S/C19H12Cl2N2O5S/c20-12-2-1-3-13(21)11(12)7-16-18(25)23(19(26)29-16)8-17(24)22-10-4-5-14-15(6-10)28-9-27-14/h1-7H,8-9H2,(H,22,24). The molecular formula is C19H12Cl2N2O5S. The quantitative estimate of drug-likeness (QED) is 0.694. The van der Waals surface area contributed by atoms with Crippen LogP contribution < -0.4 is 14.8 Å². The Balaban J connectivity index is 1.46. The fraction of sp³-hybridized carbons (Fsp3) is 0.105. The summed E-state index contributed by atoms with van der Waals surface area (Å²) in [5, 5.41) is 2.78. The number of benzene rings is 2. The molecule has 0 unspecified atom stereocenters. The molecule has 2 aliphatic rings. The Labute approximate surface area is 179 Å². The van der Waals surface area contributed by atoms with Crippen molar-refractivity contribution in [2.45, 2.75) is 0 Å². The molecule has 1 fully saturated rings. The van der Waals surface area contributed by atoms with E-state index in [4.69, 9.17) is 32.7 Å². The number of thioether (sulfide) groups is 1. The SMILES string of the molecule is O=C(CN1C(=O)SC(=Cc2c(Cl)cccc2Cl)C1=O)Nc1ccc2c(c1)OCO2. The van der Waals surface area contributed by atoms with E-state index in [9.17, 15) is 14.4 Å². The zero-order valence-electron chi connectivity index (χ0n) is 14.6. The molecule has 0 saturated carbocycles. The lowest BCUT2D eigenvalue weighted by molar-refractivity contribution is -0.127. The van der Waals surface area contributed by atoms with Crippen molar-refractivity contribution >= 4 is 63.8 Å². The molecule has 2 aliphatic heterocycles. The van der Waals surface area contributed by atoms with Gasteiger partial charge in [-0.3, -0.25) is 19.3 Å². The number of fused-ring (bicyclic) bond motifs is 1. The first-order chi connectivity index (χ1) is 13.9. The van der Waals surface area contributed by atoms with E-state index < -0.39 is 23.6 Å². The van der Waals surface area contributed by atoms with E-state index in [-0.39, 0.29) is 11.7 Å². The number of carbonyl (C=O) groups is 3. The summed E-state index contributed by atoms with van der Waals surface area (Å²) in [6.45, 7) is -0.308. The predicted molar refractivity (Wildman–Crippen MR) is 110 cm³/mol. The number of rotatable bonds is 4. The summed E-state index contributed by atoms with van der Waals surface area (Å²) in [6, 6.07) is 9.83. The highest BCUT2D eigenvalue weighted by atomic mass is 35.5. The number of hydrogen-bond donors (Lipinski definition) is 1. The summed E-state index contributed by atoms with van der Waals surface area (Å²) < 4.78 is 10.5. The van der Waals surface area contributed by atoms with Crippen molar-refractivity contribution in [1.82, 2.24) is 4.90 Å². The monoisotopic (exact) mass is 450 g/mol. The molecule has 0 bridgehead atoms. The van der Waals surface area contributed by atoms with Crippen molar-refractivity contribution < 1.29 is 23.9 Å². The Morgan fingerprint density at radius 2 is 1.86 bits per heavy atom. The van der Waals surface area contributed by atoms with Gasteiger partial charge in [-0.25, -0.2) is 0 Å². The normalized spacial score (nSPS) is 16.6. The number of nitrogens with one attached hydrogen (secondary N) is 1. The van der Waals surface area contributed by atoms with E-state index in [0.717, 1.165) is 16.7 Å². The fourth-order valence-corrected chi connectivity index (χ4v) is 4.06. The summed E-state index contributed by atoms with van der Waals surface area (Å²) in [4.78, 5) is 38.2. The third-order valence-corrected chi connectivity index (χ3v) is 5.67. The maximum absolute atomic E-state index is 12.6. The van der Waals surface area contributed by atoms with E-state index in [1.165, 1.54) is 6.08 Å². The van der Waals surface area contributed by atoms with Gasteiger partial charge >= 0.3 is 0 Å². The lowest BCUT2D eigenvalue weighted by Crippen LogP contribution is -2.36. The first-order valence-electron chi connectivity index (χ1n) is 8.31. The minimum Gasteiger partial charge on any atom is -0.454 e. The predicted octanol–water partition coefficient (Wildman–Crippen LogP) is 4.40. The summed E-state index contributed by atoms with van der Waals surface area (Å²) in [6.07, 6.45) is 1.45. The molecule has 0 aromatic heterocycles. The van der Waals surface area contributed by atoms with E-state index in [0.29, 0.717) is 32.8 Å². The van der Waals surface area contributed by atoms with Crippen LogP contribution in [0.1, 0.15) is 5.56 Å². The fourth-order valence-electron chi connectivity index (χ4n) is 2.73. The molecule has 148 valence electrons. The summed E-state index contributed by atoms with van der Waals surface area (Å²) in [5.41, 5.74) is 0.899. The maximum atomic E-state index is 12.6. The third-order valence-electron chi connectivity index (χ3n) is 4.11. The molecule has 2 aromatic carbocycles. The second-order valence-corrected chi connectivity index (χ2v) is 7.83. The molecule has 0 aliphatic carbocycles. The number of hydrogen-bond acceptors (Lipinski definition) is 6. The van der Waals surface area contributed by atoms with Crippen molar-refractivity contribution in [2.24, 2.45) is 0 Å². The van der Waals surface area contributed by atoms with Gasteiger partial charge in [0.2, 0.25) is 12.7 Å². The van der Waals surface area contributed by atoms with Crippen LogP contribution in [0.2, 0.25) is 10.0 Å². The zero-order valence-corrected chi connectivity index (χ0v) is 16.9. The second-order valence-electron chi connectivity index (χ2n) is 6.02. The Bertz CT molecular complexity index is 1050. The van der Waals surface area contributed by atoms with Gasteiger partial charge in [0.1, 0.15) is 6.54 Å². The highest BCUT2D eigenvalue weighted by Gasteiger charge is 2.36. The highest BCUT2D eigenvalue weighted by molar-refractivity contribution is 8.18. The van der Waals surface area contributed by atoms with Crippen LogP contribution in [0.15, 0.2) is 41.3 Å².